The van der Waals surface area contributed by atoms with Gasteiger partial charge in [-0.2, -0.15) is 4.98 Å². The molecule has 7 heteroatoms. The molecule has 110 valence electrons. The molecular formula is C15H14N6O. The Bertz CT molecular complexity index is 741. The molecule has 0 bridgehead atoms. The Kier molecular flexibility index (Phi) is 4.05. The molecule has 7 nitrogen and oxygen atoms in total. The van der Waals surface area contributed by atoms with Crippen molar-refractivity contribution in [2.24, 2.45) is 0 Å². The molecule has 0 aliphatic heterocycles. The Labute approximate surface area is 126 Å². The molecule has 1 amide bonds. The molecule has 0 saturated heterocycles. The third-order valence-corrected chi connectivity index (χ3v) is 2.92. The first-order valence-electron chi connectivity index (χ1n) is 6.73. The number of hydrogen-bond acceptors (Lipinski definition) is 5. The standard InChI is InChI=1S/C15H14N6O/c22-13(10-17-12-4-2-1-3-5-12)18-15-19-14(20-21-15)11-6-8-16-9-7-11/h1-9,17H,10H2,(H2,18,19,20,21,22). The van der Waals surface area contributed by atoms with Crippen LogP contribution in [-0.4, -0.2) is 32.6 Å². The number of benzene rings is 1. The van der Waals surface area contributed by atoms with Gasteiger partial charge >= 0.3 is 0 Å². The molecule has 22 heavy (non-hydrogen) atoms. The van der Waals surface area contributed by atoms with E-state index >= 15 is 0 Å². The van der Waals surface area contributed by atoms with Crippen molar-refractivity contribution in [1.29, 1.82) is 0 Å². The van der Waals surface area contributed by atoms with Crippen LogP contribution >= 0.6 is 0 Å². The molecule has 0 fully saturated rings. The normalized spacial score (nSPS) is 10.2. The number of aromatic amines is 1. The fraction of sp³-hybridized carbons (Fsp3) is 0.0667. The number of amides is 1. The number of pyridine rings is 1. The van der Waals surface area contributed by atoms with Crippen molar-refractivity contribution in [1.82, 2.24) is 20.2 Å². The molecule has 0 aliphatic rings. The lowest BCUT2D eigenvalue weighted by molar-refractivity contribution is -0.114. The van der Waals surface area contributed by atoms with E-state index in [-0.39, 0.29) is 18.4 Å². The summed E-state index contributed by atoms with van der Waals surface area (Å²) in [6.45, 7) is 0.142. The summed E-state index contributed by atoms with van der Waals surface area (Å²) in [7, 11) is 0. The lowest BCUT2D eigenvalue weighted by Crippen LogP contribution is -2.22. The van der Waals surface area contributed by atoms with E-state index in [9.17, 15) is 4.79 Å². The van der Waals surface area contributed by atoms with Gasteiger partial charge in [0.1, 0.15) is 0 Å². The molecule has 0 radical (unpaired) electrons. The lowest BCUT2D eigenvalue weighted by atomic mass is 10.3. The van der Waals surface area contributed by atoms with Crippen molar-refractivity contribution in [3.8, 4) is 11.4 Å². The van der Waals surface area contributed by atoms with Gasteiger partial charge in [-0.25, -0.2) is 0 Å². The topological polar surface area (TPSA) is 95.6 Å². The lowest BCUT2D eigenvalue weighted by Gasteiger charge is -2.04. The summed E-state index contributed by atoms with van der Waals surface area (Å²) in [6.07, 6.45) is 3.33. The highest BCUT2D eigenvalue weighted by Crippen LogP contribution is 2.14. The maximum Gasteiger partial charge on any atom is 0.249 e. The number of rotatable bonds is 5. The second kappa shape index (κ2) is 6.49. The molecule has 3 N–H and O–H groups in total. The average molecular weight is 294 g/mol. The van der Waals surface area contributed by atoms with Crippen molar-refractivity contribution in [2.45, 2.75) is 0 Å². The van der Waals surface area contributed by atoms with Gasteiger partial charge in [-0.15, -0.1) is 5.10 Å². The summed E-state index contributed by atoms with van der Waals surface area (Å²) in [6, 6.07) is 13.1. The minimum absolute atomic E-state index is 0.142. The Morgan fingerprint density at radius 1 is 1.09 bits per heavy atom. The fourth-order valence-corrected chi connectivity index (χ4v) is 1.86. The molecule has 0 unspecified atom stereocenters. The predicted octanol–water partition coefficient (Wildman–Crippen LogP) is 1.92. The highest BCUT2D eigenvalue weighted by molar-refractivity contribution is 5.92. The minimum atomic E-state index is -0.218. The highest BCUT2D eigenvalue weighted by atomic mass is 16.2. The molecule has 2 aromatic heterocycles. The van der Waals surface area contributed by atoms with Crippen LogP contribution in [0, 0.1) is 0 Å². The summed E-state index contributed by atoms with van der Waals surface area (Å²) in [4.78, 5) is 20.0. The average Bonchev–Trinajstić information content (AvgIpc) is 3.03. The number of carbonyl (C=O) groups excluding carboxylic acids is 1. The number of carbonyl (C=O) groups is 1. The summed E-state index contributed by atoms with van der Waals surface area (Å²) in [5, 5.41) is 12.4. The van der Waals surface area contributed by atoms with E-state index in [2.05, 4.69) is 30.8 Å². The molecule has 0 spiro atoms. The van der Waals surface area contributed by atoms with Crippen molar-refractivity contribution in [2.75, 3.05) is 17.2 Å². The van der Waals surface area contributed by atoms with E-state index in [0.717, 1.165) is 11.3 Å². The van der Waals surface area contributed by atoms with Crippen LogP contribution in [0.15, 0.2) is 54.9 Å². The summed E-state index contributed by atoms with van der Waals surface area (Å²) >= 11 is 0. The Balaban J connectivity index is 1.57. The number of nitrogens with one attached hydrogen (secondary N) is 3. The van der Waals surface area contributed by atoms with Crippen LogP contribution in [0.25, 0.3) is 11.4 Å². The molecule has 0 aliphatic carbocycles. The first-order chi connectivity index (χ1) is 10.8. The Morgan fingerprint density at radius 3 is 2.64 bits per heavy atom. The third-order valence-electron chi connectivity index (χ3n) is 2.92. The van der Waals surface area contributed by atoms with Crippen molar-refractivity contribution >= 4 is 17.5 Å². The van der Waals surface area contributed by atoms with E-state index in [4.69, 9.17) is 0 Å². The van der Waals surface area contributed by atoms with Gasteiger partial charge in [-0.3, -0.25) is 20.2 Å². The van der Waals surface area contributed by atoms with E-state index in [1.165, 1.54) is 0 Å². The van der Waals surface area contributed by atoms with E-state index in [0.29, 0.717) is 5.82 Å². The molecule has 1 aromatic carbocycles. The van der Waals surface area contributed by atoms with Crippen molar-refractivity contribution in [3.05, 3.63) is 54.9 Å². The molecule has 0 atom stereocenters. The Hall–Kier alpha value is -3.22. The maximum atomic E-state index is 11.9. The number of aromatic nitrogens is 4. The zero-order chi connectivity index (χ0) is 15.2. The Morgan fingerprint density at radius 2 is 1.86 bits per heavy atom. The number of hydrogen-bond donors (Lipinski definition) is 3. The molecule has 2 heterocycles. The van der Waals surface area contributed by atoms with Crippen LogP contribution in [0.4, 0.5) is 11.6 Å². The number of nitrogens with zero attached hydrogens (tertiary/aromatic N) is 3. The van der Waals surface area contributed by atoms with Crippen LogP contribution in [-0.2, 0) is 4.79 Å². The molecule has 0 saturated carbocycles. The van der Waals surface area contributed by atoms with Gasteiger partial charge in [-0.05, 0) is 24.3 Å². The zero-order valence-corrected chi connectivity index (χ0v) is 11.7. The van der Waals surface area contributed by atoms with Crippen molar-refractivity contribution < 1.29 is 4.79 Å². The van der Waals surface area contributed by atoms with Crippen LogP contribution in [0.5, 0.6) is 0 Å². The monoisotopic (exact) mass is 294 g/mol. The van der Waals surface area contributed by atoms with E-state index in [1.54, 1.807) is 12.4 Å². The van der Waals surface area contributed by atoms with Crippen LogP contribution in [0.1, 0.15) is 0 Å². The predicted molar refractivity (Wildman–Crippen MR) is 83.2 cm³/mol. The summed E-state index contributed by atoms with van der Waals surface area (Å²) in [5.74, 6) is 0.601. The van der Waals surface area contributed by atoms with Gasteiger partial charge in [0.15, 0.2) is 5.82 Å². The summed E-state index contributed by atoms with van der Waals surface area (Å²) in [5.41, 5.74) is 1.73. The van der Waals surface area contributed by atoms with Gasteiger partial charge in [-0.1, -0.05) is 18.2 Å². The minimum Gasteiger partial charge on any atom is -0.376 e. The van der Waals surface area contributed by atoms with Gasteiger partial charge < -0.3 is 5.32 Å². The van der Waals surface area contributed by atoms with E-state index < -0.39 is 0 Å². The van der Waals surface area contributed by atoms with E-state index in [1.807, 2.05) is 42.5 Å². The second-order valence-electron chi connectivity index (χ2n) is 4.51. The van der Waals surface area contributed by atoms with Crippen LogP contribution in [0.2, 0.25) is 0 Å². The van der Waals surface area contributed by atoms with Gasteiger partial charge in [0, 0.05) is 23.6 Å². The molecule has 3 aromatic rings. The quantitative estimate of drug-likeness (QED) is 0.668. The van der Waals surface area contributed by atoms with Crippen LogP contribution in [0.3, 0.4) is 0 Å². The number of para-hydroxylation sites is 1. The van der Waals surface area contributed by atoms with Crippen LogP contribution < -0.4 is 10.6 Å². The van der Waals surface area contributed by atoms with Gasteiger partial charge in [0.2, 0.25) is 11.9 Å². The van der Waals surface area contributed by atoms with Gasteiger partial charge in [0.05, 0.1) is 6.54 Å². The van der Waals surface area contributed by atoms with Gasteiger partial charge in [0.25, 0.3) is 0 Å². The molecular weight excluding hydrogens is 280 g/mol. The summed E-state index contributed by atoms with van der Waals surface area (Å²) < 4.78 is 0. The largest absolute Gasteiger partial charge is 0.376 e. The van der Waals surface area contributed by atoms with Crippen molar-refractivity contribution in [3.63, 3.8) is 0 Å². The second-order valence-corrected chi connectivity index (χ2v) is 4.51. The zero-order valence-electron chi connectivity index (χ0n) is 11.7. The number of H-pyrrole nitrogens is 1. The molecule has 3 rings (SSSR count). The highest BCUT2D eigenvalue weighted by Gasteiger charge is 2.08. The SMILES string of the molecule is O=C(CNc1ccccc1)Nc1n[nH]c(-c2ccncc2)n1. The number of anilines is 2. The smallest absolute Gasteiger partial charge is 0.249 e. The first kappa shape index (κ1) is 13.7. The third kappa shape index (κ3) is 3.45. The maximum absolute atomic E-state index is 11.9. The fourth-order valence-electron chi connectivity index (χ4n) is 1.86. The first-order valence-corrected chi connectivity index (χ1v) is 6.73.